The van der Waals surface area contributed by atoms with Crippen LogP contribution in [0.15, 0.2) is 36.5 Å². The first-order valence-electron chi connectivity index (χ1n) is 10.5. The molecule has 9 heteroatoms. The first kappa shape index (κ1) is 25.8. The van der Waals surface area contributed by atoms with Crippen LogP contribution in [-0.4, -0.2) is 54.4 Å². The summed E-state index contributed by atoms with van der Waals surface area (Å²) in [5, 5.41) is 12.6. The Morgan fingerprint density at radius 3 is 2.33 bits per heavy atom. The quantitative estimate of drug-likeness (QED) is 0.548. The number of nitrogens with zero attached hydrogens (tertiary/aromatic N) is 1. The number of hydrogen-bond donors (Lipinski definition) is 2. The maximum absolute atomic E-state index is 12.7. The Kier molecular flexibility index (Phi) is 8.50. The molecule has 2 rings (SSSR count). The Balaban J connectivity index is 2.08. The summed E-state index contributed by atoms with van der Waals surface area (Å²) in [5.41, 5.74) is -0.623. The third-order valence-corrected chi connectivity index (χ3v) is 4.91. The molecule has 0 aliphatic rings. The topological polar surface area (TPSA) is 116 Å². The molecule has 33 heavy (non-hydrogen) atoms. The summed E-state index contributed by atoms with van der Waals surface area (Å²) in [6.07, 6.45) is 0.203. The number of ether oxygens (including phenoxy) is 4. The van der Waals surface area contributed by atoms with Crippen LogP contribution in [0.1, 0.15) is 45.1 Å². The Bertz CT molecular complexity index is 972. The second-order valence-electron chi connectivity index (χ2n) is 8.63. The van der Waals surface area contributed by atoms with E-state index in [1.54, 1.807) is 26.2 Å². The molecule has 1 aromatic carbocycles. The van der Waals surface area contributed by atoms with Crippen molar-refractivity contribution < 1.29 is 33.6 Å². The number of amides is 1. The van der Waals surface area contributed by atoms with Crippen molar-refractivity contribution in [3.63, 3.8) is 0 Å². The highest BCUT2D eigenvalue weighted by atomic mass is 16.6. The Hall–Kier alpha value is -3.49. The van der Waals surface area contributed by atoms with Crippen LogP contribution in [0.3, 0.4) is 0 Å². The molecule has 2 N–H and O–H groups in total. The van der Waals surface area contributed by atoms with Crippen LogP contribution < -0.4 is 19.5 Å². The number of nitrogens with one attached hydrogen (secondary N) is 1. The molecule has 180 valence electrons. The molecule has 1 aromatic heterocycles. The molecule has 0 spiro atoms. The van der Waals surface area contributed by atoms with Crippen molar-refractivity contribution in [2.45, 2.75) is 52.9 Å². The number of rotatable bonds is 9. The van der Waals surface area contributed by atoms with Gasteiger partial charge in [-0.2, -0.15) is 0 Å². The maximum atomic E-state index is 12.7. The van der Waals surface area contributed by atoms with E-state index in [-0.39, 0.29) is 16.9 Å². The van der Waals surface area contributed by atoms with Gasteiger partial charge in [0, 0.05) is 23.7 Å². The van der Waals surface area contributed by atoms with E-state index in [1.807, 2.05) is 32.9 Å². The van der Waals surface area contributed by atoms with Crippen molar-refractivity contribution in [2.75, 3.05) is 14.2 Å². The van der Waals surface area contributed by atoms with Gasteiger partial charge in [-0.25, -0.2) is 9.78 Å². The lowest BCUT2D eigenvalue weighted by Gasteiger charge is -2.35. The lowest BCUT2D eigenvalue weighted by molar-refractivity contribution is -0.158. The molecule has 0 aliphatic carbocycles. The number of methoxy groups -OCH3 is 2. The van der Waals surface area contributed by atoms with Crippen LogP contribution in [0.2, 0.25) is 0 Å². The van der Waals surface area contributed by atoms with Crippen molar-refractivity contribution in [2.24, 2.45) is 5.41 Å². The minimum atomic E-state index is -0.996. The zero-order valence-electron chi connectivity index (χ0n) is 20.0. The first-order chi connectivity index (χ1) is 15.5. The van der Waals surface area contributed by atoms with Gasteiger partial charge in [0.2, 0.25) is 0 Å². The number of benzene rings is 1. The molecule has 0 bridgehead atoms. The highest BCUT2D eigenvalue weighted by molar-refractivity contribution is 5.97. The maximum Gasteiger partial charge on any atom is 0.328 e. The van der Waals surface area contributed by atoms with Crippen LogP contribution in [-0.2, 0) is 9.53 Å². The van der Waals surface area contributed by atoms with Crippen molar-refractivity contribution in [3.8, 4) is 23.0 Å². The normalized spacial score (nSPS) is 13.9. The average molecular weight is 461 g/mol. The number of carbonyl (C=O) groups is 2. The molecule has 2 aromatic rings. The van der Waals surface area contributed by atoms with Crippen LogP contribution >= 0.6 is 0 Å². The minimum absolute atomic E-state index is 0.0988. The van der Waals surface area contributed by atoms with Gasteiger partial charge in [-0.3, -0.25) is 4.79 Å². The summed E-state index contributed by atoms with van der Waals surface area (Å²) in [5.74, 6) is -0.466. The zero-order valence-corrected chi connectivity index (χ0v) is 20.0. The van der Waals surface area contributed by atoms with Gasteiger partial charge in [0.1, 0.15) is 29.7 Å². The van der Waals surface area contributed by atoms with E-state index >= 15 is 0 Å². The molecule has 0 unspecified atom stereocenters. The van der Waals surface area contributed by atoms with E-state index in [1.165, 1.54) is 26.3 Å². The van der Waals surface area contributed by atoms with Crippen LogP contribution in [0.4, 0.5) is 0 Å². The SMILES string of the molecule is COc1cccc(O[C@@H]([C@H](C)OC(=O)[C@H](C)NC(=O)c2nccc(OC)c2O)C(C)(C)C)c1. The summed E-state index contributed by atoms with van der Waals surface area (Å²) in [6, 6.07) is 7.59. The predicted molar refractivity (Wildman–Crippen MR) is 122 cm³/mol. The van der Waals surface area contributed by atoms with Crippen LogP contribution in [0, 0.1) is 5.41 Å². The fourth-order valence-electron chi connectivity index (χ4n) is 3.24. The third-order valence-electron chi connectivity index (χ3n) is 4.91. The highest BCUT2D eigenvalue weighted by Crippen LogP contribution is 2.30. The predicted octanol–water partition coefficient (Wildman–Crippen LogP) is 3.35. The fourth-order valence-corrected chi connectivity index (χ4v) is 3.24. The third kappa shape index (κ3) is 6.74. The summed E-state index contributed by atoms with van der Waals surface area (Å²) in [6.45, 7) is 9.15. The Morgan fingerprint density at radius 2 is 1.73 bits per heavy atom. The zero-order chi connectivity index (χ0) is 24.8. The molecule has 0 saturated heterocycles. The second kappa shape index (κ2) is 10.9. The van der Waals surface area contributed by atoms with E-state index in [4.69, 9.17) is 18.9 Å². The molecule has 1 heterocycles. The number of carbonyl (C=O) groups excluding carboxylic acids is 2. The number of aromatic nitrogens is 1. The van der Waals surface area contributed by atoms with Gasteiger partial charge in [0.15, 0.2) is 17.2 Å². The molecule has 0 aliphatic heterocycles. The van der Waals surface area contributed by atoms with E-state index < -0.39 is 35.9 Å². The lowest BCUT2D eigenvalue weighted by atomic mass is 9.86. The van der Waals surface area contributed by atoms with E-state index in [0.717, 1.165) is 0 Å². The molecular weight excluding hydrogens is 428 g/mol. The van der Waals surface area contributed by atoms with Gasteiger partial charge in [0.05, 0.1) is 14.2 Å². The van der Waals surface area contributed by atoms with Gasteiger partial charge < -0.3 is 29.4 Å². The summed E-state index contributed by atoms with van der Waals surface area (Å²) in [7, 11) is 2.93. The average Bonchev–Trinajstić information content (AvgIpc) is 2.76. The molecular formula is C24H32N2O7. The molecule has 0 saturated carbocycles. The van der Waals surface area contributed by atoms with Crippen molar-refractivity contribution >= 4 is 11.9 Å². The molecule has 0 fully saturated rings. The Labute approximate surface area is 194 Å². The lowest BCUT2D eigenvalue weighted by Crippen LogP contribution is -2.47. The Morgan fingerprint density at radius 1 is 1.06 bits per heavy atom. The smallest absolute Gasteiger partial charge is 0.328 e. The van der Waals surface area contributed by atoms with Gasteiger partial charge in [-0.1, -0.05) is 26.8 Å². The largest absolute Gasteiger partial charge is 0.503 e. The van der Waals surface area contributed by atoms with E-state index in [2.05, 4.69) is 10.3 Å². The van der Waals surface area contributed by atoms with Crippen molar-refractivity contribution in [1.82, 2.24) is 10.3 Å². The number of pyridine rings is 1. The van der Waals surface area contributed by atoms with Crippen LogP contribution in [0.5, 0.6) is 23.0 Å². The minimum Gasteiger partial charge on any atom is -0.503 e. The number of hydrogen-bond acceptors (Lipinski definition) is 8. The van der Waals surface area contributed by atoms with E-state index in [9.17, 15) is 14.7 Å². The highest BCUT2D eigenvalue weighted by Gasteiger charge is 2.35. The fraction of sp³-hybridized carbons (Fsp3) is 0.458. The number of esters is 1. The summed E-state index contributed by atoms with van der Waals surface area (Å²) in [4.78, 5) is 29.0. The van der Waals surface area contributed by atoms with Crippen molar-refractivity contribution in [1.29, 1.82) is 0 Å². The first-order valence-corrected chi connectivity index (χ1v) is 10.5. The summed E-state index contributed by atoms with van der Waals surface area (Å²) < 4.78 is 22.0. The molecule has 9 nitrogen and oxygen atoms in total. The standard InChI is InChI=1S/C24H32N2O7/c1-14(26-22(28)19-20(27)18(31-7)11-12-25-19)23(29)32-15(2)21(24(3,4)5)33-17-10-8-9-16(13-17)30-6/h8-15,21,27H,1-7H3,(H,26,28)/t14-,15-,21-/m0/s1. The molecule has 0 radical (unpaired) electrons. The summed E-state index contributed by atoms with van der Waals surface area (Å²) >= 11 is 0. The number of aromatic hydroxyl groups is 1. The second-order valence-corrected chi connectivity index (χ2v) is 8.63. The van der Waals surface area contributed by atoms with Crippen molar-refractivity contribution in [3.05, 3.63) is 42.2 Å². The van der Waals surface area contributed by atoms with Gasteiger partial charge in [-0.15, -0.1) is 0 Å². The van der Waals surface area contributed by atoms with Crippen LogP contribution in [0.25, 0.3) is 0 Å². The monoisotopic (exact) mass is 460 g/mol. The van der Waals surface area contributed by atoms with Gasteiger partial charge in [-0.05, 0) is 26.0 Å². The molecule has 1 amide bonds. The molecule has 3 atom stereocenters. The van der Waals surface area contributed by atoms with E-state index in [0.29, 0.717) is 11.5 Å². The van der Waals surface area contributed by atoms with Gasteiger partial charge >= 0.3 is 5.97 Å². The van der Waals surface area contributed by atoms with Gasteiger partial charge in [0.25, 0.3) is 5.91 Å².